The Morgan fingerprint density at radius 1 is 1.36 bits per heavy atom. The third-order valence-corrected chi connectivity index (χ3v) is 6.47. The van der Waals surface area contributed by atoms with Crippen LogP contribution in [-0.4, -0.2) is 26.6 Å². The van der Waals surface area contributed by atoms with Gasteiger partial charge in [-0.15, -0.1) is 11.3 Å². The van der Waals surface area contributed by atoms with Crippen LogP contribution in [0.4, 0.5) is 0 Å². The van der Waals surface area contributed by atoms with Gasteiger partial charge in [0.15, 0.2) is 5.58 Å². The van der Waals surface area contributed by atoms with Gasteiger partial charge in [0.05, 0.1) is 14.7 Å². The maximum Gasteiger partial charge on any atom is 0.419 e. The molecule has 10 heteroatoms. The number of nitrogens with one attached hydrogen (secondary N) is 1. The van der Waals surface area contributed by atoms with Gasteiger partial charge in [0.2, 0.25) is 10.0 Å². The summed E-state index contributed by atoms with van der Waals surface area (Å²) in [6, 6.07) is 7.76. The summed E-state index contributed by atoms with van der Waals surface area (Å²) in [6.07, 6.45) is -0.450. The first kappa shape index (κ1) is 18.2. The molecule has 0 spiro atoms. The van der Waals surface area contributed by atoms with Crippen molar-refractivity contribution in [3.05, 3.63) is 50.1 Å². The molecule has 0 aliphatic carbocycles. The van der Waals surface area contributed by atoms with E-state index < -0.39 is 21.9 Å². The fourth-order valence-corrected chi connectivity index (χ4v) is 4.53. The highest BCUT2D eigenvalue weighted by molar-refractivity contribution is 7.89. The molecule has 0 fully saturated rings. The summed E-state index contributed by atoms with van der Waals surface area (Å²) >= 11 is 7.24. The van der Waals surface area contributed by atoms with E-state index in [1.807, 2.05) is 0 Å². The number of aromatic nitrogens is 1. The lowest BCUT2D eigenvalue weighted by Crippen LogP contribution is -2.29. The maximum absolute atomic E-state index is 12.5. The number of oxazole rings is 1. The zero-order chi connectivity index (χ0) is 18.2. The monoisotopic (exact) mass is 402 g/mol. The molecular formula is C15H15ClN2O5S2. The van der Waals surface area contributed by atoms with Crippen LogP contribution in [0, 0.1) is 0 Å². The number of thiophene rings is 1. The molecule has 0 radical (unpaired) electrons. The van der Waals surface area contributed by atoms with Gasteiger partial charge in [-0.2, -0.15) is 0 Å². The summed E-state index contributed by atoms with van der Waals surface area (Å²) in [6.45, 7) is 0.0536. The molecule has 3 aromatic rings. The normalized spacial score (nSPS) is 13.4. The second-order valence-electron chi connectivity index (χ2n) is 5.27. The van der Waals surface area contributed by atoms with Crippen LogP contribution in [0.5, 0.6) is 0 Å². The van der Waals surface area contributed by atoms with Gasteiger partial charge in [0.25, 0.3) is 0 Å². The Balaban J connectivity index is 1.84. The molecular weight excluding hydrogens is 388 g/mol. The average molecular weight is 403 g/mol. The quantitative estimate of drug-likeness (QED) is 0.684. The standard InChI is InChI=1S/C15H15ClN2O5S2/c1-18-10-7-9(3-4-11(10)23-15(18)19)25(20,21)17-8-12(22-2)13-5-6-14(16)24-13/h3-7,12,17H,8H2,1-2H3. The Labute approximate surface area is 152 Å². The van der Waals surface area contributed by atoms with Gasteiger partial charge in [-0.3, -0.25) is 4.57 Å². The van der Waals surface area contributed by atoms with Gasteiger partial charge in [-0.1, -0.05) is 11.6 Å². The minimum atomic E-state index is -3.78. The number of hydrogen-bond acceptors (Lipinski definition) is 6. The van der Waals surface area contributed by atoms with Crippen molar-refractivity contribution in [2.75, 3.05) is 13.7 Å². The molecule has 0 saturated carbocycles. The second kappa shape index (κ2) is 6.93. The van der Waals surface area contributed by atoms with Crippen molar-refractivity contribution >= 4 is 44.1 Å². The number of nitrogens with zero attached hydrogens (tertiary/aromatic N) is 1. The molecule has 25 heavy (non-hydrogen) atoms. The fraction of sp³-hybridized carbons (Fsp3) is 0.267. The molecule has 1 atom stereocenters. The molecule has 2 heterocycles. The van der Waals surface area contributed by atoms with Gasteiger partial charge < -0.3 is 9.15 Å². The van der Waals surface area contributed by atoms with Crippen molar-refractivity contribution in [3.8, 4) is 0 Å². The van der Waals surface area contributed by atoms with Gasteiger partial charge in [0.1, 0.15) is 6.10 Å². The van der Waals surface area contributed by atoms with Gasteiger partial charge in [0, 0.05) is 25.6 Å². The number of sulfonamides is 1. The molecule has 0 amide bonds. The number of ether oxygens (including phenoxy) is 1. The van der Waals surface area contributed by atoms with E-state index in [1.54, 1.807) is 12.1 Å². The van der Waals surface area contributed by atoms with E-state index in [2.05, 4.69) is 4.72 Å². The van der Waals surface area contributed by atoms with Crippen LogP contribution in [0.25, 0.3) is 11.1 Å². The third kappa shape index (κ3) is 3.65. The van der Waals surface area contributed by atoms with Gasteiger partial charge >= 0.3 is 5.76 Å². The molecule has 0 aliphatic heterocycles. The summed E-state index contributed by atoms with van der Waals surface area (Å²) < 4.78 is 39.8. The van der Waals surface area contributed by atoms with E-state index in [9.17, 15) is 13.2 Å². The fourth-order valence-electron chi connectivity index (χ4n) is 2.34. The molecule has 134 valence electrons. The predicted octanol–water partition coefficient (Wildman–Crippen LogP) is 2.51. The Bertz CT molecular complexity index is 1070. The first-order valence-electron chi connectivity index (χ1n) is 7.19. The predicted molar refractivity (Wildman–Crippen MR) is 95.7 cm³/mol. The summed E-state index contributed by atoms with van der Waals surface area (Å²) in [5.74, 6) is -0.550. The van der Waals surface area contributed by atoms with Gasteiger partial charge in [-0.25, -0.2) is 17.9 Å². The van der Waals surface area contributed by atoms with Gasteiger partial charge in [-0.05, 0) is 30.3 Å². The lowest BCUT2D eigenvalue weighted by atomic mass is 10.3. The van der Waals surface area contributed by atoms with Crippen molar-refractivity contribution < 1.29 is 17.6 Å². The van der Waals surface area contributed by atoms with Crippen LogP contribution in [-0.2, 0) is 21.8 Å². The highest BCUT2D eigenvalue weighted by atomic mass is 35.5. The lowest BCUT2D eigenvalue weighted by Gasteiger charge is -2.15. The van der Waals surface area contributed by atoms with Crippen LogP contribution in [0.1, 0.15) is 11.0 Å². The molecule has 1 unspecified atom stereocenters. The van der Waals surface area contributed by atoms with Crippen LogP contribution in [0.15, 0.2) is 44.4 Å². The zero-order valence-electron chi connectivity index (χ0n) is 13.4. The SMILES string of the molecule is COC(CNS(=O)(=O)c1ccc2oc(=O)n(C)c2c1)c1ccc(Cl)s1. The highest BCUT2D eigenvalue weighted by Gasteiger charge is 2.20. The Kier molecular flexibility index (Phi) is 5.03. The molecule has 1 aromatic carbocycles. The smallest absolute Gasteiger partial charge is 0.408 e. The summed E-state index contributed by atoms with van der Waals surface area (Å²) in [4.78, 5) is 12.4. The largest absolute Gasteiger partial charge is 0.419 e. The Hall–Kier alpha value is -1.65. The number of benzene rings is 1. The number of methoxy groups -OCH3 is 1. The van der Waals surface area contributed by atoms with Crippen molar-refractivity contribution in [2.45, 2.75) is 11.0 Å². The maximum atomic E-state index is 12.5. The molecule has 1 N–H and O–H groups in total. The van der Waals surface area contributed by atoms with E-state index in [0.29, 0.717) is 15.4 Å². The Morgan fingerprint density at radius 2 is 2.12 bits per heavy atom. The highest BCUT2D eigenvalue weighted by Crippen LogP contribution is 2.28. The van der Waals surface area contributed by atoms with Crippen LogP contribution in [0.2, 0.25) is 4.34 Å². The van der Waals surface area contributed by atoms with Crippen LogP contribution >= 0.6 is 22.9 Å². The molecule has 0 bridgehead atoms. The van der Waals surface area contributed by atoms with Crippen molar-refractivity contribution in [2.24, 2.45) is 7.05 Å². The average Bonchev–Trinajstić information content (AvgIpc) is 3.12. The summed E-state index contributed by atoms with van der Waals surface area (Å²) in [7, 11) is -0.768. The minimum Gasteiger partial charge on any atom is -0.408 e. The minimum absolute atomic E-state index is 0.0375. The first-order valence-corrected chi connectivity index (χ1v) is 9.87. The number of halogens is 1. The molecule has 3 rings (SSSR count). The second-order valence-corrected chi connectivity index (χ2v) is 8.79. The van der Waals surface area contributed by atoms with E-state index in [-0.39, 0.29) is 11.4 Å². The van der Waals surface area contributed by atoms with Crippen molar-refractivity contribution in [1.29, 1.82) is 0 Å². The van der Waals surface area contributed by atoms with E-state index in [0.717, 1.165) is 4.88 Å². The van der Waals surface area contributed by atoms with Crippen molar-refractivity contribution in [1.82, 2.24) is 9.29 Å². The topological polar surface area (TPSA) is 90.5 Å². The zero-order valence-corrected chi connectivity index (χ0v) is 15.7. The summed E-state index contributed by atoms with van der Waals surface area (Å²) in [5.41, 5.74) is 0.732. The lowest BCUT2D eigenvalue weighted by molar-refractivity contribution is 0.110. The van der Waals surface area contributed by atoms with Crippen molar-refractivity contribution in [3.63, 3.8) is 0 Å². The number of aryl methyl sites for hydroxylation is 1. The number of rotatable bonds is 6. The molecule has 2 aromatic heterocycles. The van der Waals surface area contributed by atoms with Crippen LogP contribution in [0.3, 0.4) is 0 Å². The Morgan fingerprint density at radius 3 is 2.76 bits per heavy atom. The van der Waals surface area contributed by atoms with E-state index in [4.69, 9.17) is 20.8 Å². The molecule has 7 nitrogen and oxygen atoms in total. The molecule has 0 aliphatic rings. The van der Waals surface area contributed by atoms with Crippen LogP contribution < -0.4 is 10.5 Å². The number of hydrogen-bond donors (Lipinski definition) is 1. The number of fused-ring (bicyclic) bond motifs is 1. The van der Waals surface area contributed by atoms with E-state index in [1.165, 1.54) is 48.3 Å². The molecule has 0 saturated heterocycles. The third-order valence-electron chi connectivity index (χ3n) is 3.73. The first-order chi connectivity index (χ1) is 11.8. The van der Waals surface area contributed by atoms with E-state index >= 15 is 0 Å². The summed E-state index contributed by atoms with van der Waals surface area (Å²) in [5, 5.41) is 0.